The lowest BCUT2D eigenvalue weighted by Gasteiger charge is -2.04. The number of Topliss-reactive ketones (excluding diaryl/α,β-unsaturated/α-hetero) is 1. The fraction of sp³-hybridized carbons (Fsp3) is 0.273. The lowest BCUT2D eigenvalue weighted by molar-refractivity contribution is 0.0990. The van der Waals surface area contributed by atoms with Crippen LogP contribution in [0.1, 0.15) is 16.2 Å². The lowest BCUT2D eigenvalue weighted by atomic mass is 10.1. The van der Waals surface area contributed by atoms with E-state index in [2.05, 4.69) is 31.3 Å². The molecule has 0 radical (unpaired) electrons. The molecular weight excluding hydrogens is 300 g/mol. The number of aromatic nitrogens is 4. The van der Waals surface area contributed by atoms with E-state index in [1.54, 1.807) is 32.4 Å². The molecule has 6 nitrogen and oxygen atoms in total. The van der Waals surface area contributed by atoms with Crippen molar-refractivity contribution in [2.24, 2.45) is 7.05 Å². The fourth-order valence-electron chi connectivity index (χ4n) is 1.48. The molecule has 0 saturated carbocycles. The fourth-order valence-corrected chi connectivity index (χ4v) is 2.02. The molecule has 2 aromatic rings. The molecule has 7 heteroatoms. The van der Waals surface area contributed by atoms with E-state index >= 15 is 0 Å². The third-order valence-corrected chi connectivity index (χ3v) is 2.96. The zero-order valence-corrected chi connectivity index (χ0v) is 11.5. The number of tetrazole rings is 1. The van der Waals surface area contributed by atoms with Crippen LogP contribution in [0.25, 0.3) is 0 Å². The highest BCUT2D eigenvalue weighted by Gasteiger charge is 2.12. The molecule has 1 aromatic heterocycles. The summed E-state index contributed by atoms with van der Waals surface area (Å²) in [4.78, 5) is 13.3. The van der Waals surface area contributed by atoms with Crippen LogP contribution in [0.4, 0.5) is 0 Å². The van der Waals surface area contributed by atoms with Gasteiger partial charge in [-0.05, 0) is 39.3 Å². The van der Waals surface area contributed by atoms with Gasteiger partial charge >= 0.3 is 0 Å². The predicted octanol–water partition coefficient (Wildman–Crippen LogP) is 1.41. The van der Waals surface area contributed by atoms with E-state index in [-0.39, 0.29) is 12.2 Å². The summed E-state index contributed by atoms with van der Waals surface area (Å²) < 4.78 is 5.84. The molecule has 0 aliphatic heterocycles. The van der Waals surface area contributed by atoms with Crippen LogP contribution in [0.3, 0.4) is 0 Å². The van der Waals surface area contributed by atoms with E-state index in [0.29, 0.717) is 17.1 Å². The molecule has 1 aromatic carbocycles. The van der Waals surface area contributed by atoms with Crippen molar-refractivity contribution in [3.8, 4) is 5.75 Å². The molecule has 94 valence electrons. The van der Waals surface area contributed by atoms with E-state index in [0.717, 1.165) is 4.47 Å². The van der Waals surface area contributed by atoms with Gasteiger partial charge in [-0.15, -0.1) is 10.2 Å². The van der Waals surface area contributed by atoms with Crippen LogP contribution in [0, 0.1) is 0 Å². The maximum Gasteiger partial charge on any atom is 0.182 e. The third-order valence-electron chi connectivity index (χ3n) is 2.34. The Kier molecular flexibility index (Phi) is 3.71. The summed E-state index contributed by atoms with van der Waals surface area (Å²) in [5.74, 6) is 1.03. The zero-order valence-electron chi connectivity index (χ0n) is 9.92. The highest BCUT2D eigenvalue weighted by Crippen LogP contribution is 2.25. The number of aryl methyl sites for hydroxylation is 1. The largest absolute Gasteiger partial charge is 0.496 e. The molecule has 0 saturated heterocycles. The van der Waals surface area contributed by atoms with Crippen LogP contribution in [0.15, 0.2) is 22.7 Å². The molecule has 0 unspecified atom stereocenters. The zero-order chi connectivity index (χ0) is 13.1. The molecule has 0 fully saturated rings. The van der Waals surface area contributed by atoms with Crippen LogP contribution in [0.5, 0.6) is 5.75 Å². The number of ether oxygens (including phenoxy) is 1. The Morgan fingerprint density at radius 3 is 2.83 bits per heavy atom. The Balaban J connectivity index is 2.16. The molecule has 0 bridgehead atoms. The summed E-state index contributed by atoms with van der Waals surface area (Å²) in [6.45, 7) is 0. The van der Waals surface area contributed by atoms with Crippen molar-refractivity contribution >= 4 is 21.7 Å². The van der Waals surface area contributed by atoms with E-state index in [4.69, 9.17) is 4.74 Å². The first-order chi connectivity index (χ1) is 8.60. The van der Waals surface area contributed by atoms with Gasteiger partial charge in [-0.3, -0.25) is 4.79 Å². The second kappa shape index (κ2) is 5.26. The number of methoxy groups -OCH3 is 1. The Bertz CT molecular complexity index is 582. The first-order valence-electron chi connectivity index (χ1n) is 5.20. The first kappa shape index (κ1) is 12.7. The van der Waals surface area contributed by atoms with Crippen molar-refractivity contribution in [3.63, 3.8) is 0 Å². The molecule has 0 N–H and O–H groups in total. The summed E-state index contributed by atoms with van der Waals surface area (Å²) in [6, 6.07) is 5.17. The number of nitrogens with zero attached hydrogens (tertiary/aromatic N) is 4. The molecular formula is C11H11BrN4O2. The maximum atomic E-state index is 12.0. The second-order valence-electron chi connectivity index (χ2n) is 3.64. The molecule has 1 heterocycles. The molecule has 0 aliphatic carbocycles. The van der Waals surface area contributed by atoms with Gasteiger partial charge in [0.2, 0.25) is 0 Å². The number of hydrogen-bond acceptors (Lipinski definition) is 5. The number of carbonyl (C=O) groups excluding carboxylic acids is 1. The molecule has 18 heavy (non-hydrogen) atoms. The molecule has 0 aliphatic rings. The number of rotatable bonds is 4. The van der Waals surface area contributed by atoms with Gasteiger partial charge in [0.05, 0.1) is 25.1 Å². The molecule has 0 atom stereocenters. The third kappa shape index (κ3) is 2.73. The van der Waals surface area contributed by atoms with E-state index in [9.17, 15) is 4.79 Å². The molecule has 0 spiro atoms. The van der Waals surface area contributed by atoms with E-state index < -0.39 is 0 Å². The van der Waals surface area contributed by atoms with Crippen LogP contribution >= 0.6 is 15.9 Å². The summed E-state index contributed by atoms with van der Waals surface area (Å²) in [7, 11) is 3.23. The highest BCUT2D eigenvalue weighted by molar-refractivity contribution is 9.10. The Labute approximate surface area is 112 Å². The number of carbonyl (C=O) groups is 1. The normalized spacial score (nSPS) is 10.4. The Hall–Kier alpha value is -1.76. The van der Waals surface area contributed by atoms with Crippen LogP contribution in [0.2, 0.25) is 0 Å². The van der Waals surface area contributed by atoms with Crippen LogP contribution in [-0.4, -0.2) is 33.1 Å². The van der Waals surface area contributed by atoms with Gasteiger partial charge in [0.15, 0.2) is 11.6 Å². The van der Waals surface area contributed by atoms with Crippen molar-refractivity contribution in [1.29, 1.82) is 0 Å². The summed E-state index contributed by atoms with van der Waals surface area (Å²) in [5, 5.41) is 11.4. The lowest BCUT2D eigenvalue weighted by Crippen LogP contribution is -2.05. The Morgan fingerprint density at radius 2 is 2.28 bits per heavy atom. The SMILES string of the molecule is COc1ccc(C(=O)Cc2nnn(C)n2)cc1Br. The summed E-state index contributed by atoms with van der Waals surface area (Å²) in [5.41, 5.74) is 0.579. The molecule has 0 amide bonds. The van der Waals surface area contributed by atoms with Crippen LogP contribution in [-0.2, 0) is 13.5 Å². The summed E-state index contributed by atoms with van der Waals surface area (Å²) in [6.07, 6.45) is 0.132. The van der Waals surface area contributed by atoms with Gasteiger partial charge in [-0.1, -0.05) is 0 Å². The molecule has 2 rings (SSSR count). The van der Waals surface area contributed by atoms with Crippen LogP contribution < -0.4 is 4.74 Å². The van der Waals surface area contributed by atoms with E-state index in [1.165, 1.54) is 4.80 Å². The quantitative estimate of drug-likeness (QED) is 0.799. The number of halogens is 1. The van der Waals surface area contributed by atoms with Gasteiger partial charge < -0.3 is 4.74 Å². The average Bonchev–Trinajstić information content (AvgIpc) is 2.74. The average molecular weight is 311 g/mol. The Morgan fingerprint density at radius 1 is 1.50 bits per heavy atom. The number of benzene rings is 1. The number of hydrogen-bond donors (Lipinski definition) is 0. The van der Waals surface area contributed by atoms with Crippen molar-refractivity contribution in [3.05, 3.63) is 34.1 Å². The maximum absolute atomic E-state index is 12.0. The summed E-state index contributed by atoms with van der Waals surface area (Å²) >= 11 is 3.34. The second-order valence-corrected chi connectivity index (χ2v) is 4.50. The van der Waals surface area contributed by atoms with Crippen molar-refractivity contribution in [2.45, 2.75) is 6.42 Å². The van der Waals surface area contributed by atoms with Gasteiger partial charge in [0.1, 0.15) is 5.75 Å². The highest BCUT2D eigenvalue weighted by atomic mass is 79.9. The van der Waals surface area contributed by atoms with Crippen molar-refractivity contribution < 1.29 is 9.53 Å². The monoisotopic (exact) mass is 310 g/mol. The first-order valence-corrected chi connectivity index (χ1v) is 5.99. The van der Waals surface area contributed by atoms with Crippen molar-refractivity contribution in [2.75, 3.05) is 7.11 Å². The van der Waals surface area contributed by atoms with Gasteiger partial charge in [-0.25, -0.2) is 0 Å². The van der Waals surface area contributed by atoms with Gasteiger partial charge in [0, 0.05) is 5.56 Å². The predicted molar refractivity (Wildman–Crippen MR) is 67.5 cm³/mol. The smallest absolute Gasteiger partial charge is 0.182 e. The minimum Gasteiger partial charge on any atom is -0.496 e. The van der Waals surface area contributed by atoms with Crippen molar-refractivity contribution in [1.82, 2.24) is 20.2 Å². The topological polar surface area (TPSA) is 69.9 Å². The number of ketones is 1. The van der Waals surface area contributed by atoms with E-state index in [1.807, 2.05) is 0 Å². The van der Waals surface area contributed by atoms with Gasteiger partial charge in [-0.2, -0.15) is 4.80 Å². The standard InChI is InChI=1S/C11H11BrN4O2/c1-16-14-11(13-15-16)6-9(17)7-3-4-10(18-2)8(12)5-7/h3-5H,6H2,1-2H3. The minimum atomic E-state index is -0.0636. The van der Waals surface area contributed by atoms with Gasteiger partial charge in [0.25, 0.3) is 0 Å². The minimum absolute atomic E-state index is 0.0636.